The molecule has 0 bridgehead atoms. The minimum absolute atomic E-state index is 0.0591. The van der Waals surface area contributed by atoms with Crippen LogP contribution in [0.25, 0.3) is 33.3 Å². The molecule has 0 aliphatic carbocycles. The van der Waals surface area contributed by atoms with Gasteiger partial charge in [-0.2, -0.15) is 0 Å². The molecule has 1 unspecified atom stereocenters. The molecule has 9 rings (SSSR count). The van der Waals surface area contributed by atoms with Gasteiger partial charge in [-0.15, -0.1) is 0 Å². The van der Waals surface area contributed by atoms with Gasteiger partial charge in [-0.1, -0.05) is 31.2 Å². The van der Waals surface area contributed by atoms with E-state index in [4.69, 9.17) is 9.97 Å². The number of piperidine rings is 1. The van der Waals surface area contributed by atoms with Crippen LogP contribution >= 0.6 is 0 Å². The zero-order chi connectivity index (χ0) is 39.4. The number of imide groups is 1. The zero-order valence-electron chi connectivity index (χ0n) is 32.0. The number of rotatable bonds is 8. The Morgan fingerprint density at radius 2 is 1.77 bits per heavy atom. The molecule has 14 heteroatoms. The number of aryl methyl sites for hydroxylation is 1. The average Bonchev–Trinajstić information content (AvgIpc) is 3.95. The fourth-order valence-electron chi connectivity index (χ4n) is 8.82. The standard InChI is InChI=1S/C43H43N9O5/c1-3-38-47-40(37-24-49(25(2)53)16-17-51(37)38)29-7-4-6-27-18-34(45-21-31(27)29)28-10-11-33(44-20-28)41(55)46-19-26-14-15-50(22-26)35-9-5-8-30-32(35)23-52(43(30)57)36-12-13-39(54)48-42(36)56/h4-11,18,20-21,26,36H,3,12-17,19,22-24H2,1-2H3,(H,46,55)(H,48,54,56)/t26-,36?/m1/s1. The second-order valence-electron chi connectivity index (χ2n) is 15.3. The highest BCUT2D eigenvalue weighted by atomic mass is 16.2. The lowest BCUT2D eigenvalue weighted by atomic mass is 10.0. The molecule has 290 valence electrons. The largest absolute Gasteiger partial charge is 0.371 e. The Morgan fingerprint density at radius 1 is 0.930 bits per heavy atom. The molecular formula is C43H43N9O5. The van der Waals surface area contributed by atoms with Crippen molar-refractivity contribution in [2.24, 2.45) is 5.92 Å². The Hall–Kier alpha value is -6.44. The van der Waals surface area contributed by atoms with Gasteiger partial charge in [0.25, 0.3) is 11.8 Å². The smallest absolute Gasteiger partial charge is 0.269 e. The highest BCUT2D eigenvalue weighted by Gasteiger charge is 2.41. The number of benzene rings is 2. The van der Waals surface area contributed by atoms with Crippen molar-refractivity contribution < 1.29 is 24.0 Å². The minimum Gasteiger partial charge on any atom is -0.371 e. The van der Waals surface area contributed by atoms with E-state index in [2.05, 4.69) is 44.1 Å². The number of nitrogens with one attached hydrogen (secondary N) is 2. The van der Waals surface area contributed by atoms with Crippen molar-refractivity contribution in [3.63, 3.8) is 0 Å². The van der Waals surface area contributed by atoms with Crippen LogP contribution in [-0.4, -0.2) is 91.1 Å². The van der Waals surface area contributed by atoms with E-state index < -0.39 is 11.9 Å². The number of aromatic nitrogens is 4. The van der Waals surface area contributed by atoms with E-state index in [1.54, 1.807) is 30.2 Å². The number of imidazole rings is 1. The highest BCUT2D eigenvalue weighted by molar-refractivity contribution is 6.06. The Bertz CT molecular complexity index is 2480. The van der Waals surface area contributed by atoms with Crippen LogP contribution in [-0.2, 0) is 40.4 Å². The fourth-order valence-corrected chi connectivity index (χ4v) is 8.82. The number of hydrogen-bond donors (Lipinski definition) is 2. The summed E-state index contributed by atoms with van der Waals surface area (Å²) >= 11 is 0. The van der Waals surface area contributed by atoms with Crippen molar-refractivity contribution in [2.75, 3.05) is 31.1 Å². The molecule has 4 aliphatic heterocycles. The topological polar surface area (TPSA) is 163 Å². The number of nitrogens with zero attached hydrogens (tertiary/aromatic N) is 7. The number of carbonyl (C=O) groups is 5. The number of amides is 5. The van der Waals surface area contributed by atoms with Gasteiger partial charge in [0, 0.05) is 105 Å². The van der Waals surface area contributed by atoms with E-state index in [1.807, 2.05) is 41.4 Å². The second-order valence-corrected chi connectivity index (χ2v) is 15.3. The van der Waals surface area contributed by atoms with E-state index in [1.165, 1.54) is 0 Å². The molecule has 14 nitrogen and oxygen atoms in total. The van der Waals surface area contributed by atoms with E-state index in [0.717, 1.165) is 82.0 Å². The first-order valence-corrected chi connectivity index (χ1v) is 19.7. The number of pyridine rings is 2. The maximum absolute atomic E-state index is 13.3. The van der Waals surface area contributed by atoms with Gasteiger partial charge in [0.1, 0.15) is 17.6 Å². The van der Waals surface area contributed by atoms with Crippen LogP contribution in [0.5, 0.6) is 0 Å². The Kier molecular flexibility index (Phi) is 9.26. The quantitative estimate of drug-likeness (QED) is 0.222. The highest BCUT2D eigenvalue weighted by Crippen LogP contribution is 2.37. The third-order valence-corrected chi connectivity index (χ3v) is 11.9. The summed E-state index contributed by atoms with van der Waals surface area (Å²) in [6.07, 6.45) is 5.75. The van der Waals surface area contributed by atoms with Gasteiger partial charge in [-0.05, 0) is 54.5 Å². The van der Waals surface area contributed by atoms with Gasteiger partial charge in [-0.25, -0.2) is 4.98 Å². The molecule has 0 saturated carbocycles. The van der Waals surface area contributed by atoms with Gasteiger partial charge < -0.3 is 24.6 Å². The maximum Gasteiger partial charge on any atom is 0.269 e. The van der Waals surface area contributed by atoms with E-state index in [9.17, 15) is 24.0 Å². The van der Waals surface area contributed by atoms with Crippen molar-refractivity contribution in [3.8, 4) is 22.5 Å². The number of carbonyl (C=O) groups excluding carboxylic acids is 5. The summed E-state index contributed by atoms with van der Waals surface area (Å²) in [4.78, 5) is 83.1. The number of fused-ring (bicyclic) bond motifs is 3. The van der Waals surface area contributed by atoms with Crippen LogP contribution in [0, 0.1) is 5.92 Å². The van der Waals surface area contributed by atoms with Gasteiger partial charge in [0.05, 0.1) is 23.6 Å². The third kappa shape index (κ3) is 6.58. The summed E-state index contributed by atoms with van der Waals surface area (Å²) in [5.41, 5.74) is 7.22. The third-order valence-electron chi connectivity index (χ3n) is 11.9. The first-order valence-electron chi connectivity index (χ1n) is 19.7. The molecule has 0 spiro atoms. The summed E-state index contributed by atoms with van der Waals surface area (Å²) < 4.78 is 2.25. The lowest BCUT2D eigenvalue weighted by molar-refractivity contribution is -0.137. The van der Waals surface area contributed by atoms with Crippen molar-refractivity contribution in [1.29, 1.82) is 0 Å². The van der Waals surface area contributed by atoms with Crippen molar-refractivity contribution in [1.82, 2.24) is 40.0 Å². The average molecular weight is 766 g/mol. The molecule has 2 saturated heterocycles. The van der Waals surface area contributed by atoms with Crippen LogP contribution in [0.15, 0.2) is 67.0 Å². The fraction of sp³-hybridized carbons (Fsp3) is 0.349. The minimum atomic E-state index is -0.660. The van der Waals surface area contributed by atoms with E-state index in [-0.39, 0.29) is 36.0 Å². The molecular weight excluding hydrogens is 723 g/mol. The SMILES string of the molecule is CCc1nc(-c2cccc3cc(-c4ccc(C(=O)NC[C@H]5CCN(c6cccc7c6CN(C6CCC(=O)NC6=O)C7=O)C5)nc4)ncc23)c2n1CCN(C(C)=O)C2. The number of hydrogen-bond acceptors (Lipinski definition) is 9. The summed E-state index contributed by atoms with van der Waals surface area (Å²) in [7, 11) is 0. The lowest BCUT2D eigenvalue weighted by Crippen LogP contribution is -2.52. The van der Waals surface area contributed by atoms with Crippen LogP contribution < -0.4 is 15.5 Å². The lowest BCUT2D eigenvalue weighted by Gasteiger charge is -2.29. The normalized spacial score (nSPS) is 19.2. The van der Waals surface area contributed by atoms with Crippen LogP contribution in [0.1, 0.15) is 71.0 Å². The molecule has 5 aromatic rings. The van der Waals surface area contributed by atoms with E-state index >= 15 is 0 Å². The van der Waals surface area contributed by atoms with Gasteiger partial charge in [0.15, 0.2) is 0 Å². The second kappa shape index (κ2) is 14.6. The summed E-state index contributed by atoms with van der Waals surface area (Å²) in [6.45, 7) is 7.94. The molecule has 2 aromatic carbocycles. The first kappa shape index (κ1) is 36.2. The van der Waals surface area contributed by atoms with E-state index in [0.29, 0.717) is 50.4 Å². The molecule has 2 atom stereocenters. The zero-order valence-corrected chi connectivity index (χ0v) is 32.0. The van der Waals surface area contributed by atoms with Gasteiger partial charge in [-0.3, -0.25) is 39.3 Å². The molecule has 5 amide bonds. The Labute approximate surface area is 329 Å². The van der Waals surface area contributed by atoms with Crippen molar-refractivity contribution >= 4 is 46.0 Å². The molecule has 0 radical (unpaired) electrons. The molecule has 7 heterocycles. The van der Waals surface area contributed by atoms with Crippen LogP contribution in [0.2, 0.25) is 0 Å². The predicted molar refractivity (Wildman–Crippen MR) is 212 cm³/mol. The summed E-state index contributed by atoms with van der Waals surface area (Å²) in [6, 6.07) is 16.8. The van der Waals surface area contributed by atoms with Gasteiger partial charge in [0.2, 0.25) is 17.7 Å². The van der Waals surface area contributed by atoms with Crippen LogP contribution in [0.3, 0.4) is 0 Å². The monoisotopic (exact) mass is 765 g/mol. The maximum atomic E-state index is 13.3. The summed E-state index contributed by atoms with van der Waals surface area (Å²) in [5.74, 6) is 0.109. The molecule has 4 aliphatic rings. The number of anilines is 1. The van der Waals surface area contributed by atoms with Crippen molar-refractivity contribution in [2.45, 2.75) is 65.2 Å². The Morgan fingerprint density at radius 3 is 2.56 bits per heavy atom. The molecule has 3 aromatic heterocycles. The Balaban J connectivity index is 0.845. The molecule has 2 fully saturated rings. The van der Waals surface area contributed by atoms with Crippen molar-refractivity contribution in [3.05, 3.63) is 95.3 Å². The first-order chi connectivity index (χ1) is 27.7. The summed E-state index contributed by atoms with van der Waals surface area (Å²) in [5, 5.41) is 7.40. The predicted octanol–water partition coefficient (Wildman–Crippen LogP) is 4.10. The molecule has 2 N–H and O–H groups in total. The van der Waals surface area contributed by atoms with Crippen LogP contribution in [0.4, 0.5) is 5.69 Å². The van der Waals surface area contributed by atoms with Gasteiger partial charge >= 0.3 is 0 Å². The molecule has 57 heavy (non-hydrogen) atoms.